The van der Waals surface area contributed by atoms with Crippen molar-refractivity contribution < 1.29 is 18.4 Å². The third-order valence-corrected chi connectivity index (χ3v) is 4.30. The van der Waals surface area contributed by atoms with Crippen LogP contribution in [0.4, 0.5) is 0 Å². The van der Waals surface area contributed by atoms with Gasteiger partial charge in [0.2, 0.25) is 0 Å². The highest BCUT2D eigenvalue weighted by molar-refractivity contribution is 5.95. The van der Waals surface area contributed by atoms with E-state index in [1.807, 2.05) is 6.92 Å². The summed E-state index contributed by atoms with van der Waals surface area (Å²) in [6.07, 6.45) is 1.88. The lowest BCUT2D eigenvalue weighted by Crippen LogP contribution is -2.29. The van der Waals surface area contributed by atoms with Crippen molar-refractivity contribution in [1.82, 2.24) is 10.2 Å². The van der Waals surface area contributed by atoms with Crippen molar-refractivity contribution in [3.05, 3.63) is 57.0 Å². The summed E-state index contributed by atoms with van der Waals surface area (Å²) in [6.45, 7) is 5.83. The third-order valence-electron chi connectivity index (χ3n) is 4.30. The van der Waals surface area contributed by atoms with Crippen LogP contribution in [0.15, 0.2) is 31.8 Å². The van der Waals surface area contributed by atoms with E-state index in [-0.39, 0.29) is 29.7 Å². The lowest BCUT2D eigenvalue weighted by atomic mass is 10.0. The van der Waals surface area contributed by atoms with E-state index >= 15 is 0 Å². The Hall–Kier alpha value is -2.83. The molecule has 0 aliphatic rings. The molecule has 0 spiro atoms. The summed E-state index contributed by atoms with van der Waals surface area (Å²) >= 11 is 0. The molecule has 0 bridgehead atoms. The van der Waals surface area contributed by atoms with Gasteiger partial charge in [0, 0.05) is 20.0 Å². The van der Waals surface area contributed by atoms with Gasteiger partial charge in [-0.25, -0.2) is 4.79 Å². The number of nitrogens with one attached hydrogen (secondary N) is 1. The number of rotatable bonds is 7. The maximum Gasteiger partial charge on any atom is 0.349 e. The largest absolute Gasteiger partial charge is 0.454 e. The minimum absolute atomic E-state index is 0.0152. The molecule has 2 aromatic rings. The summed E-state index contributed by atoms with van der Waals surface area (Å²) in [5.74, 6) is 0.523. The Morgan fingerprint density at radius 2 is 1.93 bits per heavy atom. The molecular weight excluding hydrogens is 348 g/mol. The van der Waals surface area contributed by atoms with Gasteiger partial charge in [0.1, 0.15) is 17.1 Å². The lowest BCUT2D eigenvalue weighted by molar-refractivity contribution is 0.0794. The van der Waals surface area contributed by atoms with Gasteiger partial charge in [-0.3, -0.25) is 9.59 Å². The zero-order chi connectivity index (χ0) is 20.1. The number of amides is 2. The van der Waals surface area contributed by atoms with Gasteiger partial charge in [-0.1, -0.05) is 20.3 Å². The molecule has 1 N–H and O–H groups in total. The lowest BCUT2D eigenvalue weighted by Gasteiger charge is -2.11. The summed E-state index contributed by atoms with van der Waals surface area (Å²) in [6, 6.07) is 4.91. The van der Waals surface area contributed by atoms with Crippen molar-refractivity contribution in [3.8, 4) is 0 Å². The van der Waals surface area contributed by atoms with Crippen LogP contribution in [-0.4, -0.2) is 30.8 Å². The fourth-order valence-electron chi connectivity index (χ4n) is 2.79. The van der Waals surface area contributed by atoms with Crippen LogP contribution in [0.25, 0.3) is 0 Å². The number of hydrogen-bond acceptors (Lipinski definition) is 5. The zero-order valence-corrected chi connectivity index (χ0v) is 16.4. The van der Waals surface area contributed by atoms with E-state index in [1.165, 1.54) is 4.90 Å². The molecule has 0 fully saturated rings. The van der Waals surface area contributed by atoms with Gasteiger partial charge in [-0.15, -0.1) is 0 Å². The molecule has 2 amide bonds. The zero-order valence-electron chi connectivity index (χ0n) is 16.4. The Bertz CT molecular complexity index is 879. The van der Waals surface area contributed by atoms with E-state index in [2.05, 4.69) is 12.2 Å². The van der Waals surface area contributed by atoms with Gasteiger partial charge in [-0.05, 0) is 37.1 Å². The molecule has 1 atom stereocenters. The fourth-order valence-corrected chi connectivity index (χ4v) is 2.79. The molecule has 27 heavy (non-hydrogen) atoms. The molecule has 2 aromatic heterocycles. The van der Waals surface area contributed by atoms with Gasteiger partial charge in [0.15, 0.2) is 5.76 Å². The van der Waals surface area contributed by atoms with E-state index in [1.54, 1.807) is 39.2 Å². The van der Waals surface area contributed by atoms with Crippen molar-refractivity contribution in [3.63, 3.8) is 0 Å². The van der Waals surface area contributed by atoms with Gasteiger partial charge < -0.3 is 19.1 Å². The second-order valence-corrected chi connectivity index (χ2v) is 6.83. The van der Waals surface area contributed by atoms with Crippen molar-refractivity contribution in [2.75, 3.05) is 14.1 Å². The molecule has 0 aliphatic heterocycles. The first-order valence-electron chi connectivity index (χ1n) is 8.97. The fraction of sp³-hybridized carbons (Fsp3) is 0.450. The van der Waals surface area contributed by atoms with E-state index in [4.69, 9.17) is 8.83 Å². The van der Waals surface area contributed by atoms with E-state index in [0.717, 1.165) is 12.8 Å². The SMILES string of the molecule is CCCC(C)c1cc(C)c(C(=O)NCc2ccc(C(=O)N(C)C)o2)c(=O)o1. The normalized spacial score (nSPS) is 11.9. The molecule has 0 saturated carbocycles. The Morgan fingerprint density at radius 1 is 1.22 bits per heavy atom. The first-order valence-corrected chi connectivity index (χ1v) is 8.97. The van der Waals surface area contributed by atoms with Crippen LogP contribution in [0.2, 0.25) is 0 Å². The molecule has 0 aromatic carbocycles. The average Bonchev–Trinajstić information content (AvgIpc) is 3.07. The number of hydrogen-bond donors (Lipinski definition) is 1. The summed E-state index contributed by atoms with van der Waals surface area (Å²) in [4.78, 5) is 37.9. The van der Waals surface area contributed by atoms with Gasteiger partial charge in [-0.2, -0.15) is 0 Å². The molecular formula is C20H26N2O5. The van der Waals surface area contributed by atoms with Crippen LogP contribution in [0.3, 0.4) is 0 Å². The van der Waals surface area contributed by atoms with E-state index in [9.17, 15) is 14.4 Å². The summed E-state index contributed by atoms with van der Waals surface area (Å²) in [5, 5.41) is 2.63. The van der Waals surface area contributed by atoms with Crippen LogP contribution >= 0.6 is 0 Å². The van der Waals surface area contributed by atoms with E-state index < -0.39 is 11.5 Å². The number of nitrogens with zero attached hydrogens (tertiary/aromatic N) is 1. The minimum atomic E-state index is -0.645. The van der Waals surface area contributed by atoms with E-state index in [0.29, 0.717) is 17.1 Å². The van der Waals surface area contributed by atoms with Crippen molar-refractivity contribution in [2.45, 2.75) is 46.1 Å². The van der Waals surface area contributed by atoms with Gasteiger partial charge in [0.05, 0.1) is 6.54 Å². The molecule has 2 heterocycles. The monoisotopic (exact) mass is 374 g/mol. The van der Waals surface area contributed by atoms with Crippen LogP contribution in [0, 0.1) is 6.92 Å². The standard InChI is InChI=1S/C20H26N2O5/c1-6-7-12(2)16-10-13(3)17(20(25)27-16)18(23)21-11-14-8-9-15(26-14)19(24)22(4)5/h8-10,12H,6-7,11H2,1-5H3,(H,21,23). The quantitative estimate of drug-likeness (QED) is 0.804. The molecule has 0 radical (unpaired) electrons. The van der Waals surface area contributed by atoms with Gasteiger partial charge >= 0.3 is 5.63 Å². The highest BCUT2D eigenvalue weighted by atomic mass is 16.4. The van der Waals surface area contributed by atoms with Crippen LogP contribution in [0.5, 0.6) is 0 Å². The Labute approximate surface area is 158 Å². The number of furan rings is 1. The predicted molar refractivity (Wildman–Crippen MR) is 101 cm³/mol. The molecule has 0 aliphatic carbocycles. The second kappa shape index (κ2) is 8.70. The maximum atomic E-state index is 12.4. The van der Waals surface area contributed by atoms with Crippen molar-refractivity contribution >= 4 is 11.8 Å². The third kappa shape index (κ3) is 4.87. The first-order chi connectivity index (χ1) is 12.7. The van der Waals surface area contributed by atoms with Crippen molar-refractivity contribution in [1.29, 1.82) is 0 Å². The highest BCUT2D eigenvalue weighted by Gasteiger charge is 2.19. The molecule has 146 valence electrons. The predicted octanol–water partition coefficient (Wildman–Crippen LogP) is 3.08. The Morgan fingerprint density at radius 3 is 2.52 bits per heavy atom. The smallest absolute Gasteiger partial charge is 0.349 e. The minimum Gasteiger partial charge on any atom is -0.454 e. The Balaban J connectivity index is 2.10. The molecule has 7 heteroatoms. The Kier molecular flexibility index (Phi) is 6.60. The van der Waals surface area contributed by atoms with Crippen LogP contribution < -0.4 is 10.9 Å². The topological polar surface area (TPSA) is 92.8 Å². The number of aryl methyl sites for hydroxylation is 1. The van der Waals surface area contributed by atoms with Crippen LogP contribution in [-0.2, 0) is 6.54 Å². The molecule has 7 nitrogen and oxygen atoms in total. The first kappa shape index (κ1) is 20.5. The second-order valence-electron chi connectivity index (χ2n) is 6.83. The van der Waals surface area contributed by atoms with Crippen LogP contribution in [0.1, 0.15) is 70.6 Å². The summed E-state index contributed by atoms with van der Waals surface area (Å²) in [5.41, 5.74) is -0.0865. The maximum absolute atomic E-state index is 12.4. The molecule has 2 rings (SSSR count). The number of carbonyl (C=O) groups excluding carboxylic acids is 2. The molecule has 1 unspecified atom stereocenters. The number of carbonyl (C=O) groups is 2. The average molecular weight is 374 g/mol. The van der Waals surface area contributed by atoms with Gasteiger partial charge in [0.25, 0.3) is 11.8 Å². The van der Waals surface area contributed by atoms with Crippen molar-refractivity contribution in [2.24, 2.45) is 0 Å². The summed E-state index contributed by atoms with van der Waals surface area (Å²) < 4.78 is 10.8. The molecule has 0 saturated heterocycles. The summed E-state index contributed by atoms with van der Waals surface area (Å²) in [7, 11) is 3.25. The highest BCUT2D eigenvalue weighted by Crippen LogP contribution is 2.21.